The predicted octanol–water partition coefficient (Wildman–Crippen LogP) is 5.77. The SMILES string of the molecule is COCCCCCCC(=O)Cc1cccc(Nc2ncc3ccc4sc(C(=O)N5CCOCC5)cc4c3n2)c1. The number of carbonyl (C=O) groups excluding carboxylic acids is 2. The van der Waals surface area contributed by atoms with Crippen LogP contribution in [0.25, 0.3) is 21.0 Å². The van der Waals surface area contributed by atoms with E-state index in [9.17, 15) is 9.59 Å². The van der Waals surface area contributed by atoms with Crippen molar-refractivity contribution in [2.24, 2.45) is 0 Å². The van der Waals surface area contributed by atoms with Crippen LogP contribution in [0, 0.1) is 0 Å². The lowest BCUT2D eigenvalue weighted by molar-refractivity contribution is -0.118. The van der Waals surface area contributed by atoms with Crippen LogP contribution in [-0.4, -0.2) is 66.6 Å². The van der Waals surface area contributed by atoms with Gasteiger partial charge in [-0.05, 0) is 48.7 Å². The van der Waals surface area contributed by atoms with Gasteiger partial charge in [-0.2, -0.15) is 0 Å². The molecule has 2 aromatic carbocycles. The number of amides is 1. The zero-order chi connectivity index (χ0) is 27.0. The van der Waals surface area contributed by atoms with Gasteiger partial charge in [0.2, 0.25) is 5.95 Å². The molecule has 1 fully saturated rings. The van der Waals surface area contributed by atoms with E-state index in [2.05, 4.69) is 10.3 Å². The van der Waals surface area contributed by atoms with Crippen LogP contribution in [0.5, 0.6) is 0 Å². The van der Waals surface area contributed by atoms with Crippen molar-refractivity contribution in [1.82, 2.24) is 14.9 Å². The largest absolute Gasteiger partial charge is 0.385 e. The molecule has 2 aromatic heterocycles. The number of ketones is 1. The number of hydrogen-bond donors (Lipinski definition) is 1. The zero-order valence-electron chi connectivity index (χ0n) is 22.3. The van der Waals surface area contributed by atoms with Gasteiger partial charge in [0.15, 0.2) is 0 Å². The average molecular weight is 547 g/mol. The van der Waals surface area contributed by atoms with Gasteiger partial charge in [0, 0.05) is 67.0 Å². The fourth-order valence-electron chi connectivity index (χ4n) is 4.82. The van der Waals surface area contributed by atoms with Crippen LogP contribution < -0.4 is 5.32 Å². The first-order valence-corrected chi connectivity index (χ1v) is 14.4. The number of unbranched alkanes of at least 4 members (excludes halogenated alkanes) is 3. The predicted molar refractivity (Wildman–Crippen MR) is 155 cm³/mol. The Morgan fingerprint density at radius 1 is 1.08 bits per heavy atom. The van der Waals surface area contributed by atoms with E-state index in [1.54, 1.807) is 13.3 Å². The summed E-state index contributed by atoms with van der Waals surface area (Å²) < 4.78 is 11.5. The number of ether oxygens (including phenoxy) is 2. The molecule has 1 N–H and O–H groups in total. The molecule has 0 aliphatic carbocycles. The van der Waals surface area contributed by atoms with Gasteiger partial charge in [-0.1, -0.05) is 25.0 Å². The van der Waals surface area contributed by atoms with Gasteiger partial charge in [-0.3, -0.25) is 9.59 Å². The minimum absolute atomic E-state index is 0.0394. The van der Waals surface area contributed by atoms with E-state index in [0.717, 1.165) is 64.5 Å². The van der Waals surface area contributed by atoms with Crippen molar-refractivity contribution in [3.05, 3.63) is 59.1 Å². The van der Waals surface area contributed by atoms with Gasteiger partial charge in [0.05, 0.1) is 23.6 Å². The quantitative estimate of drug-likeness (QED) is 0.226. The number of Topliss-reactive ketones (excluding diaryl/α,β-unsaturated/α-hetero) is 1. The first-order valence-electron chi connectivity index (χ1n) is 13.5. The molecule has 0 spiro atoms. The van der Waals surface area contributed by atoms with E-state index < -0.39 is 0 Å². The number of rotatable bonds is 12. The second kappa shape index (κ2) is 13.1. The van der Waals surface area contributed by atoms with Crippen molar-refractivity contribution in [3.8, 4) is 0 Å². The van der Waals surface area contributed by atoms with Crippen LogP contribution in [0.3, 0.4) is 0 Å². The Hall–Kier alpha value is -3.40. The maximum absolute atomic E-state index is 13.0. The summed E-state index contributed by atoms with van der Waals surface area (Å²) in [6.45, 7) is 3.16. The molecular formula is C30H34N4O4S. The highest BCUT2D eigenvalue weighted by atomic mass is 32.1. The third-order valence-corrected chi connectivity index (χ3v) is 7.98. The molecule has 204 valence electrons. The molecule has 0 saturated carbocycles. The number of fused-ring (bicyclic) bond motifs is 3. The molecule has 4 aromatic rings. The van der Waals surface area contributed by atoms with Crippen molar-refractivity contribution in [3.63, 3.8) is 0 Å². The number of hydrogen-bond acceptors (Lipinski definition) is 8. The van der Waals surface area contributed by atoms with Gasteiger partial charge in [-0.15, -0.1) is 11.3 Å². The molecule has 1 aliphatic rings. The molecule has 39 heavy (non-hydrogen) atoms. The highest BCUT2D eigenvalue weighted by Crippen LogP contribution is 2.32. The third kappa shape index (κ3) is 6.98. The Balaban J connectivity index is 1.26. The van der Waals surface area contributed by atoms with Crippen LogP contribution in [0.4, 0.5) is 11.6 Å². The number of nitrogens with zero attached hydrogens (tertiary/aromatic N) is 3. The standard InChI is InChI=1S/C30H34N4O4S/c1-37-14-5-3-2-4-9-24(35)18-21-7-6-8-23(17-21)32-30-31-20-22-10-11-26-25(28(22)33-30)19-27(39-26)29(36)34-12-15-38-16-13-34/h6-8,10-11,17,19-20H,2-5,9,12-16,18H2,1H3,(H,31,32,33). The van der Waals surface area contributed by atoms with E-state index in [-0.39, 0.29) is 11.7 Å². The summed E-state index contributed by atoms with van der Waals surface area (Å²) in [7, 11) is 1.72. The Bertz CT molecular complexity index is 1450. The molecule has 8 nitrogen and oxygen atoms in total. The fourth-order valence-corrected chi connectivity index (χ4v) is 5.85. The van der Waals surface area contributed by atoms with E-state index >= 15 is 0 Å². The van der Waals surface area contributed by atoms with Crippen LogP contribution in [-0.2, 0) is 20.7 Å². The monoisotopic (exact) mass is 546 g/mol. The first kappa shape index (κ1) is 27.2. The highest BCUT2D eigenvalue weighted by molar-refractivity contribution is 7.21. The van der Waals surface area contributed by atoms with E-state index in [0.29, 0.717) is 50.0 Å². The van der Waals surface area contributed by atoms with E-state index in [1.807, 2.05) is 47.4 Å². The molecule has 0 atom stereocenters. The average Bonchev–Trinajstić information content (AvgIpc) is 3.40. The smallest absolute Gasteiger partial charge is 0.264 e. The second-order valence-electron chi connectivity index (χ2n) is 9.82. The van der Waals surface area contributed by atoms with E-state index in [4.69, 9.17) is 14.5 Å². The molecule has 1 amide bonds. The minimum Gasteiger partial charge on any atom is -0.385 e. The Labute approximate surface area is 232 Å². The lowest BCUT2D eigenvalue weighted by Crippen LogP contribution is -2.40. The summed E-state index contributed by atoms with van der Waals surface area (Å²) in [4.78, 5) is 37.4. The number of methoxy groups -OCH3 is 1. The lowest BCUT2D eigenvalue weighted by Gasteiger charge is -2.26. The highest BCUT2D eigenvalue weighted by Gasteiger charge is 2.21. The Morgan fingerprint density at radius 3 is 2.77 bits per heavy atom. The zero-order valence-corrected chi connectivity index (χ0v) is 23.1. The first-order chi connectivity index (χ1) is 19.1. The molecule has 1 saturated heterocycles. The molecule has 1 aliphatic heterocycles. The number of carbonyl (C=O) groups is 2. The molecule has 0 unspecified atom stereocenters. The summed E-state index contributed by atoms with van der Waals surface area (Å²) in [5.41, 5.74) is 2.61. The summed E-state index contributed by atoms with van der Waals surface area (Å²) in [5.74, 6) is 0.766. The summed E-state index contributed by atoms with van der Waals surface area (Å²) >= 11 is 1.49. The minimum atomic E-state index is 0.0394. The van der Waals surface area contributed by atoms with Crippen molar-refractivity contribution in [1.29, 1.82) is 0 Å². The normalized spacial score (nSPS) is 13.7. The van der Waals surface area contributed by atoms with Gasteiger partial charge in [0.25, 0.3) is 5.91 Å². The number of benzene rings is 2. The number of nitrogens with one attached hydrogen (secondary N) is 1. The molecule has 3 heterocycles. The van der Waals surface area contributed by atoms with Gasteiger partial charge in [0.1, 0.15) is 5.78 Å². The number of thiophene rings is 1. The van der Waals surface area contributed by atoms with Crippen molar-refractivity contribution in [2.75, 3.05) is 45.3 Å². The molecule has 5 rings (SSSR count). The van der Waals surface area contributed by atoms with Crippen LogP contribution in [0.15, 0.2) is 48.7 Å². The van der Waals surface area contributed by atoms with E-state index in [1.165, 1.54) is 11.3 Å². The third-order valence-electron chi connectivity index (χ3n) is 6.89. The molecular weight excluding hydrogens is 512 g/mol. The lowest BCUT2D eigenvalue weighted by atomic mass is 10.0. The Morgan fingerprint density at radius 2 is 1.92 bits per heavy atom. The van der Waals surface area contributed by atoms with Gasteiger partial charge in [-0.25, -0.2) is 9.97 Å². The molecule has 0 bridgehead atoms. The van der Waals surface area contributed by atoms with Crippen LogP contribution >= 0.6 is 11.3 Å². The fraction of sp³-hybridized carbons (Fsp3) is 0.400. The number of morpholine rings is 1. The number of anilines is 2. The summed E-state index contributed by atoms with van der Waals surface area (Å²) in [6, 6.07) is 13.8. The Kier molecular flexibility index (Phi) is 9.13. The topological polar surface area (TPSA) is 93.6 Å². The second-order valence-corrected chi connectivity index (χ2v) is 10.9. The van der Waals surface area contributed by atoms with Crippen molar-refractivity contribution >= 4 is 55.7 Å². The van der Waals surface area contributed by atoms with Crippen LogP contribution in [0.1, 0.15) is 47.3 Å². The van der Waals surface area contributed by atoms with Crippen molar-refractivity contribution < 1.29 is 19.1 Å². The van der Waals surface area contributed by atoms with Crippen molar-refractivity contribution in [2.45, 2.75) is 38.5 Å². The van der Waals surface area contributed by atoms with Gasteiger partial charge < -0.3 is 19.7 Å². The van der Waals surface area contributed by atoms with Gasteiger partial charge >= 0.3 is 0 Å². The number of aromatic nitrogens is 2. The summed E-state index contributed by atoms with van der Waals surface area (Å²) in [5, 5.41) is 5.16. The maximum atomic E-state index is 13.0. The molecule has 0 radical (unpaired) electrons. The van der Waals surface area contributed by atoms with Crippen LogP contribution in [0.2, 0.25) is 0 Å². The maximum Gasteiger partial charge on any atom is 0.264 e. The molecule has 9 heteroatoms. The summed E-state index contributed by atoms with van der Waals surface area (Å²) in [6.07, 6.45) is 6.92.